The molecule has 1 aromatic carbocycles. The molecule has 1 atom stereocenters. The van der Waals surface area contributed by atoms with E-state index in [2.05, 4.69) is 10.3 Å². The summed E-state index contributed by atoms with van der Waals surface area (Å²) in [6.07, 6.45) is 0.131. The fraction of sp³-hybridized carbons (Fsp3) is 0.294. The number of carbonyl (C=O) groups excluding carboxylic acids is 2. The third kappa shape index (κ3) is 5.89. The Morgan fingerprint density at radius 3 is 3.00 bits per heavy atom. The largest absolute Gasteiger partial charge is 0.466 e. The number of nitrogens with one attached hydrogen (secondary N) is 1. The Balaban J connectivity index is 1.91. The Morgan fingerprint density at radius 1 is 1.48 bits per heavy atom. The minimum atomic E-state index is -0.368. The minimum absolute atomic E-state index is 0.131. The molecule has 0 saturated carbocycles. The van der Waals surface area contributed by atoms with Gasteiger partial charge >= 0.3 is 5.97 Å². The number of hydrogen-bond acceptors (Lipinski definition) is 7. The van der Waals surface area contributed by atoms with Gasteiger partial charge in [-0.2, -0.15) is 5.26 Å². The number of rotatable bonds is 7. The summed E-state index contributed by atoms with van der Waals surface area (Å²) in [7, 11) is 0. The van der Waals surface area contributed by atoms with E-state index in [4.69, 9.17) is 10.00 Å². The lowest BCUT2D eigenvalue weighted by Crippen LogP contribution is -2.22. The van der Waals surface area contributed by atoms with Gasteiger partial charge in [-0.05, 0) is 32.0 Å². The average Bonchev–Trinajstić information content (AvgIpc) is 3.01. The van der Waals surface area contributed by atoms with Gasteiger partial charge in [-0.3, -0.25) is 9.59 Å². The highest BCUT2D eigenvalue weighted by molar-refractivity contribution is 8.02. The zero-order valence-corrected chi connectivity index (χ0v) is 15.4. The Hall–Kier alpha value is -2.37. The van der Waals surface area contributed by atoms with Crippen LogP contribution in [-0.2, 0) is 20.7 Å². The summed E-state index contributed by atoms with van der Waals surface area (Å²) < 4.78 is 5.61. The van der Waals surface area contributed by atoms with Crippen molar-refractivity contribution in [3.8, 4) is 6.07 Å². The first-order valence-corrected chi connectivity index (χ1v) is 9.35. The van der Waals surface area contributed by atoms with Crippen LogP contribution in [0.3, 0.4) is 0 Å². The summed E-state index contributed by atoms with van der Waals surface area (Å²) in [5.41, 5.74) is 1.71. The molecule has 0 aliphatic heterocycles. The lowest BCUT2D eigenvalue weighted by Gasteiger charge is -2.10. The number of esters is 1. The van der Waals surface area contributed by atoms with Gasteiger partial charge in [0, 0.05) is 11.1 Å². The summed E-state index contributed by atoms with van der Waals surface area (Å²) in [6.45, 7) is 3.88. The van der Waals surface area contributed by atoms with E-state index in [1.807, 2.05) is 6.07 Å². The molecular formula is C17H17N3O3S2. The molecule has 0 aliphatic rings. The van der Waals surface area contributed by atoms with E-state index in [1.165, 1.54) is 23.1 Å². The standard InChI is InChI=1S/C17H17N3O3S2/c1-3-23-15(21)8-14-10-24-17(20-14)25-11(2)16(22)19-13-6-4-5-12(7-13)9-18/h4-7,10-11H,3,8H2,1-2H3,(H,19,22)/t11-/m0/s1. The summed E-state index contributed by atoms with van der Waals surface area (Å²) in [6, 6.07) is 8.78. The van der Waals surface area contributed by atoms with Crippen LogP contribution in [0.5, 0.6) is 0 Å². The SMILES string of the molecule is CCOC(=O)Cc1csc(S[C@@H](C)C(=O)Nc2cccc(C#N)c2)n1. The van der Waals surface area contributed by atoms with Crippen LogP contribution < -0.4 is 5.32 Å². The van der Waals surface area contributed by atoms with Crippen LogP contribution in [-0.4, -0.2) is 28.7 Å². The van der Waals surface area contributed by atoms with Crippen molar-refractivity contribution in [3.63, 3.8) is 0 Å². The Kier molecular flexibility index (Phi) is 6.98. The third-order valence-corrected chi connectivity index (χ3v) is 5.19. The molecule has 2 aromatic rings. The van der Waals surface area contributed by atoms with Crippen molar-refractivity contribution in [1.29, 1.82) is 5.26 Å². The van der Waals surface area contributed by atoms with Crippen molar-refractivity contribution in [2.24, 2.45) is 0 Å². The molecule has 6 nitrogen and oxygen atoms in total. The van der Waals surface area contributed by atoms with E-state index in [0.29, 0.717) is 27.9 Å². The van der Waals surface area contributed by atoms with Gasteiger partial charge in [0.1, 0.15) is 0 Å². The quantitative estimate of drug-likeness (QED) is 0.590. The minimum Gasteiger partial charge on any atom is -0.466 e. The molecule has 1 amide bonds. The van der Waals surface area contributed by atoms with Gasteiger partial charge in [0.05, 0.1) is 35.6 Å². The highest BCUT2D eigenvalue weighted by atomic mass is 32.2. The van der Waals surface area contributed by atoms with Crippen LogP contribution in [0, 0.1) is 11.3 Å². The zero-order chi connectivity index (χ0) is 18.2. The van der Waals surface area contributed by atoms with Gasteiger partial charge in [0.25, 0.3) is 0 Å². The first kappa shape index (κ1) is 19.0. The highest BCUT2D eigenvalue weighted by Gasteiger charge is 2.17. The zero-order valence-electron chi connectivity index (χ0n) is 13.8. The molecule has 0 fully saturated rings. The van der Waals surface area contributed by atoms with Gasteiger partial charge in [-0.25, -0.2) is 4.98 Å². The van der Waals surface area contributed by atoms with Crippen LogP contribution >= 0.6 is 23.1 Å². The van der Waals surface area contributed by atoms with E-state index in [1.54, 1.807) is 43.5 Å². The predicted molar refractivity (Wildman–Crippen MR) is 97.6 cm³/mol. The van der Waals surface area contributed by atoms with Crippen LogP contribution in [0.1, 0.15) is 25.1 Å². The summed E-state index contributed by atoms with van der Waals surface area (Å²) >= 11 is 2.71. The van der Waals surface area contributed by atoms with Crippen LogP contribution in [0.4, 0.5) is 5.69 Å². The predicted octanol–water partition coefficient (Wildman–Crippen LogP) is 3.24. The Bertz CT molecular complexity index is 798. The van der Waals surface area contributed by atoms with Crippen molar-refractivity contribution >= 4 is 40.7 Å². The number of benzene rings is 1. The third-order valence-electron chi connectivity index (χ3n) is 3.07. The number of amides is 1. The average molecular weight is 375 g/mol. The summed E-state index contributed by atoms with van der Waals surface area (Å²) in [5, 5.41) is 13.1. The van der Waals surface area contributed by atoms with E-state index in [0.717, 1.165) is 0 Å². The first-order chi connectivity index (χ1) is 12.0. The summed E-state index contributed by atoms with van der Waals surface area (Å²) in [5.74, 6) is -0.491. The fourth-order valence-corrected chi connectivity index (χ4v) is 3.88. The lowest BCUT2D eigenvalue weighted by atomic mass is 10.2. The molecule has 2 rings (SSSR count). The molecule has 1 aromatic heterocycles. The number of thiazole rings is 1. The molecule has 0 bridgehead atoms. The number of carbonyl (C=O) groups is 2. The van der Waals surface area contributed by atoms with Crippen LogP contribution in [0.15, 0.2) is 34.0 Å². The number of ether oxygens (including phenoxy) is 1. The van der Waals surface area contributed by atoms with Gasteiger partial charge < -0.3 is 10.1 Å². The monoisotopic (exact) mass is 375 g/mol. The van der Waals surface area contributed by atoms with Crippen molar-refractivity contribution in [2.45, 2.75) is 29.9 Å². The molecule has 0 unspecified atom stereocenters. The Labute approximate surface area is 154 Å². The molecule has 0 aliphatic carbocycles. The lowest BCUT2D eigenvalue weighted by molar-refractivity contribution is -0.142. The number of nitriles is 1. The molecular weight excluding hydrogens is 358 g/mol. The van der Waals surface area contributed by atoms with E-state index >= 15 is 0 Å². The maximum atomic E-state index is 12.3. The molecule has 0 saturated heterocycles. The molecule has 25 heavy (non-hydrogen) atoms. The topological polar surface area (TPSA) is 92.1 Å². The molecule has 1 heterocycles. The smallest absolute Gasteiger partial charge is 0.311 e. The van der Waals surface area contributed by atoms with Gasteiger partial charge in [-0.15, -0.1) is 11.3 Å². The molecule has 1 N–H and O–H groups in total. The first-order valence-electron chi connectivity index (χ1n) is 7.59. The van der Waals surface area contributed by atoms with E-state index in [-0.39, 0.29) is 23.5 Å². The maximum absolute atomic E-state index is 12.3. The molecule has 8 heteroatoms. The number of hydrogen-bond donors (Lipinski definition) is 1. The highest BCUT2D eigenvalue weighted by Crippen LogP contribution is 2.27. The van der Waals surface area contributed by atoms with Crippen molar-refractivity contribution in [2.75, 3.05) is 11.9 Å². The normalized spacial score (nSPS) is 11.4. The molecule has 0 spiro atoms. The van der Waals surface area contributed by atoms with Crippen LogP contribution in [0.25, 0.3) is 0 Å². The fourth-order valence-electron chi connectivity index (χ4n) is 1.90. The number of thioether (sulfide) groups is 1. The second kappa shape index (κ2) is 9.20. The van der Waals surface area contributed by atoms with Gasteiger partial charge in [0.15, 0.2) is 4.34 Å². The number of nitrogens with zero attached hydrogens (tertiary/aromatic N) is 2. The van der Waals surface area contributed by atoms with E-state index < -0.39 is 0 Å². The second-order valence-electron chi connectivity index (χ2n) is 5.03. The molecule has 0 radical (unpaired) electrons. The van der Waals surface area contributed by atoms with Crippen LogP contribution in [0.2, 0.25) is 0 Å². The van der Waals surface area contributed by atoms with Crippen molar-refractivity contribution in [1.82, 2.24) is 4.98 Å². The summed E-state index contributed by atoms with van der Waals surface area (Å²) in [4.78, 5) is 28.1. The van der Waals surface area contributed by atoms with Gasteiger partial charge in [-0.1, -0.05) is 17.8 Å². The van der Waals surface area contributed by atoms with Crippen molar-refractivity contribution in [3.05, 3.63) is 40.9 Å². The van der Waals surface area contributed by atoms with Crippen molar-refractivity contribution < 1.29 is 14.3 Å². The maximum Gasteiger partial charge on any atom is 0.311 e. The number of anilines is 1. The number of aromatic nitrogens is 1. The van der Waals surface area contributed by atoms with E-state index in [9.17, 15) is 9.59 Å². The second-order valence-corrected chi connectivity index (χ2v) is 7.47. The Morgan fingerprint density at radius 2 is 2.28 bits per heavy atom. The molecule has 130 valence electrons. The van der Waals surface area contributed by atoms with Gasteiger partial charge in [0.2, 0.25) is 5.91 Å².